The zero-order chi connectivity index (χ0) is 17.7. The van der Waals surface area contributed by atoms with Gasteiger partial charge in [0.15, 0.2) is 5.66 Å². The lowest BCUT2D eigenvalue weighted by molar-refractivity contribution is -0.132. The molecule has 0 saturated carbocycles. The Balaban J connectivity index is 1.62. The highest BCUT2D eigenvalue weighted by atomic mass is 16.2. The first kappa shape index (κ1) is 17.2. The molecule has 2 unspecified atom stereocenters. The zero-order valence-corrected chi connectivity index (χ0v) is 14.3. The van der Waals surface area contributed by atoms with Crippen LogP contribution in [0.5, 0.6) is 0 Å². The number of nitriles is 1. The molecule has 25 heavy (non-hydrogen) atoms. The fraction of sp³-hybridized carbons (Fsp3) is 0.500. The Morgan fingerprint density at radius 1 is 1.36 bits per heavy atom. The van der Waals surface area contributed by atoms with E-state index in [9.17, 15) is 10.1 Å². The molecule has 0 aliphatic carbocycles. The van der Waals surface area contributed by atoms with Gasteiger partial charge in [-0.25, -0.2) is 0 Å². The van der Waals surface area contributed by atoms with Crippen molar-refractivity contribution in [1.29, 1.82) is 5.26 Å². The number of rotatable bonds is 7. The molecule has 0 spiro atoms. The maximum absolute atomic E-state index is 12.7. The first-order valence-corrected chi connectivity index (χ1v) is 8.81. The second kappa shape index (κ2) is 7.49. The van der Waals surface area contributed by atoms with Crippen LogP contribution in [0.3, 0.4) is 0 Å². The summed E-state index contributed by atoms with van der Waals surface area (Å²) < 4.78 is 0. The largest absolute Gasteiger partial charge is 0.338 e. The van der Waals surface area contributed by atoms with Gasteiger partial charge >= 0.3 is 0 Å². The molecular weight excluding hydrogens is 312 g/mol. The van der Waals surface area contributed by atoms with Crippen LogP contribution in [-0.4, -0.2) is 29.1 Å². The number of nitrogens with zero attached hydrogens (tertiary/aromatic N) is 4. The molecule has 0 aromatic heterocycles. The van der Waals surface area contributed by atoms with Crippen molar-refractivity contribution in [1.82, 2.24) is 4.90 Å². The standard InChI is InChI=1S/C20H22N4O/c1-2-3-12-20(22-23-20)13-11-19(25)24-14-7-10-18(24)17(15-21)16-8-5-4-6-9-16/h1,4-6,8-9,17-18H,3,7,10-14H2. The Kier molecular flexibility index (Phi) is 5.14. The van der Waals surface area contributed by atoms with Gasteiger partial charge in [-0.1, -0.05) is 30.3 Å². The third-order valence-corrected chi connectivity index (χ3v) is 5.09. The minimum atomic E-state index is -0.425. The van der Waals surface area contributed by atoms with Crippen molar-refractivity contribution >= 4 is 5.91 Å². The lowest BCUT2D eigenvalue weighted by Crippen LogP contribution is -2.39. The summed E-state index contributed by atoms with van der Waals surface area (Å²) in [6, 6.07) is 12.1. The average molecular weight is 334 g/mol. The molecule has 2 aliphatic heterocycles. The number of amides is 1. The number of terminal acetylenes is 1. The van der Waals surface area contributed by atoms with E-state index in [-0.39, 0.29) is 17.9 Å². The molecule has 2 aliphatic rings. The Morgan fingerprint density at radius 3 is 2.76 bits per heavy atom. The highest BCUT2D eigenvalue weighted by molar-refractivity contribution is 5.77. The maximum atomic E-state index is 12.7. The molecule has 5 heteroatoms. The van der Waals surface area contributed by atoms with Gasteiger partial charge in [0.25, 0.3) is 0 Å². The highest BCUT2D eigenvalue weighted by Gasteiger charge is 2.41. The summed E-state index contributed by atoms with van der Waals surface area (Å²) in [6.45, 7) is 0.722. The van der Waals surface area contributed by atoms with E-state index >= 15 is 0 Å². The minimum absolute atomic E-state index is 0.0466. The van der Waals surface area contributed by atoms with Gasteiger partial charge in [-0.05, 0) is 18.4 Å². The second-order valence-electron chi connectivity index (χ2n) is 6.70. The van der Waals surface area contributed by atoms with Crippen molar-refractivity contribution in [2.24, 2.45) is 10.2 Å². The summed E-state index contributed by atoms with van der Waals surface area (Å²) in [5.74, 6) is 2.42. The molecule has 1 aromatic carbocycles. The van der Waals surface area contributed by atoms with E-state index in [4.69, 9.17) is 6.42 Å². The van der Waals surface area contributed by atoms with Gasteiger partial charge in [0.05, 0.1) is 18.0 Å². The molecule has 5 nitrogen and oxygen atoms in total. The van der Waals surface area contributed by atoms with E-state index < -0.39 is 5.66 Å². The molecule has 2 heterocycles. The van der Waals surface area contributed by atoms with E-state index in [1.165, 1.54) is 0 Å². The number of hydrogen-bond donors (Lipinski definition) is 0. The van der Waals surface area contributed by atoms with E-state index in [2.05, 4.69) is 22.2 Å². The molecule has 1 fully saturated rings. The molecule has 2 atom stereocenters. The first-order valence-electron chi connectivity index (χ1n) is 8.81. The van der Waals surface area contributed by atoms with Crippen molar-refractivity contribution in [2.75, 3.05) is 6.54 Å². The molecule has 1 amide bonds. The van der Waals surface area contributed by atoms with E-state index in [0.717, 1.165) is 24.9 Å². The Bertz CT molecular complexity index is 722. The zero-order valence-electron chi connectivity index (χ0n) is 14.3. The highest BCUT2D eigenvalue weighted by Crippen LogP contribution is 2.38. The Morgan fingerprint density at radius 2 is 2.12 bits per heavy atom. The number of carbonyl (C=O) groups excluding carboxylic acids is 1. The predicted molar refractivity (Wildman–Crippen MR) is 94.4 cm³/mol. The topological polar surface area (TPSA) is 68.8 Å². The molecule has 0 radical (unpaired) electrons. The van der Waals surface area contributed by atoms with Gasteiger partial charge in [0.2, 0.25) is 5.91 Å². The van der Waals surface area contributed by atoms with Crippen molar-refractivity contribution in [3.05, 3.63) is 35.9 Å². The SMILES string of the molecule is C#CCCC1(CCC(=O)N2CCCC2C(C#N)c2ccccc2)N=N1. The van der Waals surface area contributed by atoms with E-state index in [1.807, 2.05) is 35.2 Å². The molecule has 0 bridgehead atoms. The van der Waals surface area contributed by atoms with Crippen LogP contribution in [0.15, 0.2) is 40.6 Å². The molecule has 1 aromatic rings. The van der Waals surface area contributed by atoms with Crippen molar-refractivity contribution in [3.8, 4) is 18.4 Å². The van der Waals surface area contributed by atoms with Crippen LogP contribution >= 0.6 is 0 Å². The van der Waals surface area contributed by atoms with E-state index in [0.29, 0.717) is 25.7 Å². The third kappa shape index (κ3) is 3.88. The van der Waals surface area contributed by atoms with Gasteiger partial charge in [-0.3, -0.25) is 4.79 Å². The molecular formula is C20H22N4O. The fourth-order valence-corrected chi connectivity index (χ4v) is 3.61. The van der Waals surface area contributed by atoms with Gasteiger partial charge in [-0.2, -0.15) is 15.5 Å². The first-order chi connectivity index (χ1) is 12.2. The van der Waals surface area contributed by atoms with Gasteiger partial charge in [0.1, 0.15) is 0 Å². The third-order valence-electron chi connectivity index (χ3n) is 5.09. The fourth-order valence-electron chi connectivity index (χ4n) is 3.61. The number of carbonyl (C=O) groups is 1. The number of hydrogen-bond acceptors (Lipinski definition) is 4. The quantitative estimate of drug-likeness (QED) is 0.714. The summed E-state index contributed by atoms with van der Waals surface area (Å²) in [6.07, 6.45) is 9.47. The normalized spacial score (nSPS) is 21.4. The lowest BCUT2D eigenvalue weighted by atomic mass is 9.91. The summed E-state index contributed by atoms with van der Waals surface area (Å²) >= 11 is 0. The number of benzene rings is 1. The Labute approximate surface area is 148 Å². The summed E-state index contributed by atoms with van der Waals surface area (Å²) in [7, 11) is 0. The van der Waals surface area contributed by atoms with Crippen molar-refractivity contribution in [2.45, 2.75) is 56.1 Å². The van der Waals surface area contributed by atoms with Gasteiger partial charge in [0, 0.05) is 32.2 Å². The van der Waals surface area contributed by atoms with Crippen LogP contribution in [0.2, 0.25) is 0 Å². The van der Waals surface area contributed by atoms with Crippen LogP contribution in [-0.2, 0) is 4.79 Å². The Hall–Kier alpha value is -2.66. The lowest BCUT2D eigenvalue weighted by Gasteiger charge is -2.28. The number of likely N-dealkylation sites (tertiary alicyclic amines) is 1. The van der Waals surface area contributed by atoms with Crippen LogP contribution < -0.4 is 0 Å². The molecule has 1 saturated heterocycles. The maximum Gasteiger partial charge on any atom is 0.223 e. The van der Waals surface area contributed by atoms with Crippen LogP contribution in [0, 0.1) is 23.7 Å². The molecule has 0 N–H and O–H groups in total. The minimum Gasteiger partial charge on any atom is -0.338 e. The molecule has 128 valence electrons. The van der Waals surface area contributed by atoms with Crippen molar-refractivity contribution < 1.29 is 4.79 Å². The van der Waals surface area contributed by atoms with E-state index in [1.54, 1.807) is 0 Å². The second-order valence-corrected chi connectivity index (χ2v) is 6.70. The monoisotopic (exact) mass is 334 g/mol. The average Bonchev–Trinajstić information content (AvgIpc) is 3.26. The van der Waals surface area contributed by atoms with Crippen LogP contribution in [0.1, 0.15) is 50.0 Å². The summed E-state index contributed by atoms with van der Waals surface area (Å²) in [4.78, 5) is 14.6. The smallest absolute Gasteiger partial charge is 0.223 e. The van der Waals surface area contributed by atoms with Crippen LogP contribution in [0.25, 0.3) is 0 Å². The summed E-state index contributed by atoms with van der Waals surface area (Å²) in [5, 5.41) is 17.9. The van der Waals surface area contributed by atoms with Crippen LogP contribution in [0.4, 0.5) is 0 Å². The van der Waals surface area contributed by atoms with Gasteiger partial charge < -0.3 is 4.90 Å². The van der Waals surface area contributed by atoms with Gasteiger partial charge in [-0.15, -0.1) is 12.3 Å². The predicted octanol–water partition coefficient (Wildman–Crippen LogP) is 3.64. The molecule has 3 rings (SSSR count). The summed E-state index contributed by atoms with van der Waals surface area (Å²) in [5.41, 5.74) is 0.554. The van der Waals surface area contributed by atoms with Crippen molar-refractivity contribution in [3.63, 3.8) is 0 Å².